The van der Waals surface area contributed by atoms with Crippen molar-refractivity contribution in [1.29, 1.82) is 0 Å². The summed E-state index contributed by atoms with van der Waals surface area (Å²) in [6.45, 7) is 6.06. The first-order valence-electron chi connectivity index (χ1n) is 11.5. The topological polar surface area (TPSA) is 81.1 Å². The second-order valence-corrected chi connectivity index (χ2v) is 10.4. The summed E-state index contributed by atoms with van der Waals surface area (Å²) in [6, 6.07) is 15.8. The van der Waals surface area contributed by atoms with Crippen molar-refractivity contribution in [3.63, 3.8) is 0 Å². The monoisotopic (exact) mass is 500 g/mol. The van der Waals surface area contributed by atoms with Crippen molar-refractivity contribution in [2.45, 2.75) is 35.1 Å². The van der Waals surface area contributed by atoms with Crippen molar-refractivity contribution in [2.75, 3.05) is 32.7 Å². The van der Waals surface area contributed by atoms with Gasteiger partial charge in [-0.05, 0) is 60.6 Å². The standard InChI is InChI=1S/C22H25ClN2S.C4H4O4/c23-18-7-8-22-19(14-18)20(13-17-3-1-2-4-21(17)26-22)25-11-9-24(10-12-25)15-16-5-6-16;5-3(6)1-2-4(7)8/h1-4,7-8,14,16,20H,5-6,9-13,15H2;1-2H,(H,5,6)(H,7,8)/b;2-1+. The minimum atomic E-state index is -1.26. The molecular weight excluding hydrogens is 472 g/mol. The van der Waals surface area contributed by atoms with Crippen LogP contribution in [0.4, 0.5) is 0 Å². The SMILES string of the molecule is Clc1ccc2c(c1)C(N1CCN(CC3CC3)CC1)Cc1ccccc1S2.O=C(O)/C=C/C(=O)O. The molecule has 2 aromatic carbocycles. The number of carboxylic acid groups (broad SMARTS) is 2. The van der Waals surface area contributed by atoms with Crippen LogP contribution in [0.25, 0.3) is 0 Å². The number of hydrogen-bond donors (Lipinski definition) is 2. The lowest BCUT2D eigenvalue weighted by Gasteiger charge is -2.39. The maximum absolute atomic E-state index is 9.55. The second-order valence-electron chi connectivity index (χ2n) is 8.90. The largest absolute Gasteiger partial charge is 0.478 e. The van der Waals surface area contributed by atoms with Crippen LogP contribution in [0.3, 0.4) is 0 Å². The molecule has 34 heavy (non-hydrogen) atoms. The average Bonchev–Trinajstić information content (AvgIpc) is 3.64. The van der Waals surface area contributed by atoms with Crippen LogP contribution >= 0.6 is 23.4 Å². The zero-order valence-electron chi connectivity index (χ0n) is 18.9. The molecular formula is C26H29ClN2O4S. The first-order chi connectivity index (χ1) is 16.4. The summed E-state index contributed by atoms with van der Waals surface area (Å²) in [5.41, 5.74) is 2.88. The van der Waals surface area contributed by atoms with Crippen molar-refractivity contribution >= 4 is 35.3 Å². The van der Waals surface area contributed by atoms with Gasteiger partial charge in [0.2, 0.25) is 0 Å². The predicted molar refractivity (Wildman–Crippen MR) is 134 cm³/mol. The van der Waals surface area contributed by atoms with E-state index in [1.807, 2.05) is 17.8 Å². The number of nitrogens with zero attached hydrogens (tertiary/aromatic N) is 2. The van der Waals surface area contributed by atoms with Gasteiger partial charge in [-0.15, -0.1) is 0 Å². The highest BCUT2D eigenvalue weighted by atomic mass is 35.5. The highest BCUT2D eigenvalue weighted by Crippen LogP contribution is 2.43. The fourth-order valence-corrected chi connectivity index (χ4v) is 5.77. The van der Waals surface area contributed by atoms with E-state index in [0.717, 1.165) is 30.5 Å². The van der Waals surface area contributed by atoms with E-state index in [9.17, 15) is 9.59 Å². The molecule has 2 aromatic rings. The molecule has 2 heterocycles. The van der Waals surface area contributed by atoms with Crippen molar-refractivity contribution in [1.82, 2.24) is 9.80 Å². The van der Waals surface area contributed by atoms with E-state index in [4.69, 9.17) is 21.8 Å². The Labute approximate surface area is 209 Å². The van der Waals surface area contributed by atoms with Crippen LogP contribution in [0.1, 0.15) is 30.0 Å². The van der Waals surface area contributed by atoms with Gasteiger partial charge in [-0.2, -0.15) is 0 Å². The third-order valence-electron chi connectivity index (χ3n) is 6.37. The lowest BCUT2D eigenvalue weighted by Crippen LogP contribution is -2.48. The van der Waals surface area contributed by atoms with E-state index in [-0.39, 0.29) is 0 Å². The summed E-state index contributed by atoms with van der Waals surface area (Å²) in [7, 11) is 0. The Hall–Kier alpha value is -2.32. The Morgan fingerprint density at radius 3 is 2.29 bits per heavy atom. The third-order valence-corrected chi connectivity index (χ3v) is 7.81. The third kappa shape index (κ3) is 6.85. The first-order valence-corrected chi connectivity index (χ1v) is 12.7. The van der Waals surface area contributed by atoms with Crippen molar-refractivity contribution in [3.8, 4) is 0 Å². The number of carboxylic acids is 2. The van der Waals surface area contributed by atoms with Gasteiger partial charge in [0.15, 0.2) is 0 Å². The van der Waals surface area contributed by atoms with Crippen molar-refractivity contribution in [3.05, 3.63) is 70.8 Å². The lowest BCUT2D eigenvalue weighted by molar-refractivity contribution is -0.134. The molecule has 3 aliphatic rings. The Morgan fingerprint density at radius 2 is 1.65 bits per heavy atom. The molecule has 1 saturated heterocycles. The summed E-state index contributed by atoms with van der Waals surface area (Å²) in [5.74, 6) is -1.53. The minimum absolute atomic E-state index is 0.433. The van der Waals surface area contributed by atoms with E-state index in [1.165, 1.54) is 53.4 Å². The number of fused-ring (bicyclic) bond motifs is 2. The van der Waals surface area contributed by atoms with Crippen LogP contribution < -0.4 is 0 Å². The van der Waals surface area contributed by atoms with Gasteiger partial charge in [0.25, 0.3) is 0 Å². The number of hydrogen-bond acceptors (Lipinski definition) is 5. The number of aliphatic carboxylic acids is 2. The molecule has 0 aromatic heterocycles. The minimum Gasteiger partial charge on any atom is -0.478 e. The van der Waals surface area contributed by atoms with E-state index in [0.29, 0.717) is 18.2 Å². The van der Waals surface area contributed by atoms with Gasteiger partial charge >= 0.3 is 11.9 Å². The van der Waals surface area contributed by atoms with E-state index >= 15 is 0 Å². The molecule has 8 heteroatoms. The molecule has 0 bridgehead atoms. The van der Waals surface area contributed by atoms with Gasteiger partial charge in [0.05, 0.1) is 0 Å². The molecule has 2 aliphatic heterocycles. The molecule has 1 unspecified atom stereocenters. The van der Waals surface area contributed by atoms with Crippen molar-refractivity contribution in [2.24, 2.45) is 5.92 Å². The Bertz CT molecular complexity index is 1050. The van der Waals surface area contributed by atoms with Gasteiger partial charge in [-0.1, -0.05) is 41.6 Å². The molecule has 6 nitrogen and oxygen atoms in total. The van der Waals surface area contributed by atoms with Crippen LogP contribution in [0.5, 0.6) is 0 Å². The Balaban J connectivity index is 0.000000297. The summed E-state index contributed by atoms with van der Waals surface area (Å²) in [5, 5.41) is 16.5. The predicted octanol–water partition coefficient (Wildman–Crippen LogP) is 4.83. The van der Waals surface area contributed by atoms with Gasteiger partial charge in [0, 0.05) is 65.7 Å². The Kier molecular flexibility index (Phi) is 8.32. The zero-order valence-corrected chi connectivity index (χ0v) is 20.5. The molecule has 0 amide bonds. The van der Waals surface area contributed by atoms with Gasteiger partial charge in [-0.25, -0.2) is 9.59 Å². The molecule has 0 spiro atoms. The number of rotatable bonds is 5. The van der Waals surface area contributed by atoms with Gasteiger partial charge < -0.3 is 15.1 Å². The number of carbonyl (C=O) groups is 2. The maximum Gasteiger partial charge on any atom is 0.328 e. The van der Waals surface area contributed by atoms with Crippen LogP contribution in [0.2, 0.25) is 5.02 Å². The highest BCUT2D eigenvalue weighted by Gasteiger charge is 2.31. The summed E-state index contributed by atoms with van der Waals surface area (Å²) in [6.07, 6.45) is 5.09. The van der Waals surface area contributed by atoms with Gasteiger partial charge in [-0.3, -0.25) is 4.90 Å². The summed E-state index contributed by atoms with van der Waals surface area (Å²) in [4.78, 5) is 27.2. The van der Waals surface area contributed by atoms with Crippen LogP contribution in [-0.2, 0) is 16.0 Å². The molecule has 0 radical (unpaired) electrons. The van der Waals surface area contributed by atoms with Gasteiger partial charge in [0.1, 0.15) is 0 Å². The van der Waals surface area contributed by atoms with Crippen molar-refractivity contribution < 1.29 is 19.8 Å². The summed E-state index contributed by atoms with van der Waals surface area (Å²) < 4.78 is 0. The highest BCUT2D eigenvalue weighted by molar-refractivity contribution is 7.99. The number of benzene rings is 2. The van der Waals surface area contributed by atoms with E-state index < -0.39 is 11.9 Å². The molecule has 2 N–H and O–H groups in total. The second kappa shape index (κ2) is 11.4. The Morgan fingerprint density at radius 1 is 0.971 bits per heavy atom. The van der Waals surface area contributed by atoms with Crippen LogP contribution in [0.15, 0.2) is 64.4 Å². The number of halogens is 1. The van der Waals surface area contributed by atoms with Crippen LogP contribution in [0, 0.1) is 5.92 Å². The molecule has 180 valence electrons. The zero-order chi connectivity index (χ0) is 24.1. The smallest absolute Gasteiger partial charge is 0.328 e. The maximum atomic E-state index is 9.55. The fourth-order valence-electron chi connectivity index (χ4n) is 4.47. The van der Waals surface area contributed by atoms with E-state index in [1.54, 1.807) is 0 Å². The molecule has 5 rings (SSSR count). The molecule has 1 aliphatic carbocycles. The quantitative estimate of drug-likeness (QED) is 0.569. The van der Waals surface area contributed by atoms with E-state index in [2.05, 4.69) is 46.2 Å². The average molecular weight is 501 g/mol. The molecule has 1 atom stereocenters. The number of piperazine rings is 1. The van der Waals surface area contributed by atoms with Crippen LogP contribution in [-0.4, -0.2) is 64.7 Å². The summed E-state index contributed by atoms with van der Waals surface area (Å²) >= 11 is 8.30. The molecule has 2 fully saturated rings. The lowest BCUT2D eigenvalue weighted by atomic mass is 9.96. The normalized spacial score (nSPS) is 20.6. The fraction of sp³-hybridized carbons (Fsp3) is 0.385. The first kappa shape index (κ1) is 24.8. The molecule has 1 saturated carbocycles.